The molecule has 5 amide bonds. The van der Waals surface area contributed by atoms with Crippen molar-refractivity contribution in [3.63, 3.8) is 0 Å². The van der Waals surface area contributed by atoms with E-state index in [9.17, 15) is 24.0 Å². The van der Waals surface area contributed by atoms with Crippen molar-refractivity contribution in [3.05, 3.63) is 35.9 Å². The highest BCUT2D eigenvalue weighted by atomic mass is 16.2. The van der Waals surface area contributed by atoms with Crippen LogP contribution in [0.4, 0.5) is 0 Å². The van der Waals surface area contributed by atoms with Gasteiger partial charge in [-0.2, -0.15) is 0 Å². The molecule has 10 heteroatoms. The fourth-order valence-electron chi connectivity index (χ4n) is 5.33. The smallest absolute Gasteiger partial charge is 0.245 e. The lowest BCUT2D eigenvalue weighted by Gasteiger charge is -2.33. The topological polar surface area (TPSA) is 137 Å². The molecule has 43 heavy (non-hydrogen) atoms. The molecule has 2 rings (SSSR count). The normalized spacial score (nSPS) is 24.9. The Morgan fingerprint density at radius 1 is 0.605 bits per heavy atom. The first kappa shape index (κ1) is 35.8. The zero-order chi connectivity index (χ0) is 32.4. The molecule has 4 N–H and O–H groups in total. The first-order valence-electron chi connectivity index (χ1n) is 15.6. The highest BCUT2D eigenvalue weighted by Crippen LogP contribution is 2.17. The summed E-state index contributed by atoms with van der Waals surface area (Å²) in [5.74, 6) is -2.42. The van der Waals surface area contributed by atoms with Gasteiger partial charge < -0.3 is 26.2 Å². The SMILES string of the molecule is CC(C)C[C@@H]1C(=O)N[C@H](Cc2ccccc2)C(=O)N[C@H](CC(C)C)C(=O)N[C@H](C(C)C)C(=O)N[C@H](CC(C)C)C(=O)N1C. The monoisotopic (exact) mass is 599 g/mol. The molecule has 0 aromatic heterocycles. The molecule has 0 aliphatic carbocycles. The van der Waals surface area contributed by atoms with Crippen LogP contribution in [0.1, 0.15) is 80.2 Å². The number of rotatable bonds is 9. The minimum atomic E-state index is -0.993. The minimum Gasteiger partial charge on any atom is -0.343 e. The van der Waals surface area contributed by atoms with Crippen molar-refractivity contribution in [1.82, 2.24) is 26.2 Å². The van der Waals surface area contributed by atoms with Crippen LogP contribution in [0.3, 0.4) is 0 Å². The molecule has 1 aromatic rings. The van der Waals surface area contributed by atoms with Gasteiger partial charge in [0, 0.05) is 13.5 Å². The van der Waals surface area contributed by atoms with Crippen molar-refractivity contribution in [3.8, 4) is 0 Å². The second kappa shape index (κ2) is 16.4. The standard InChI is InChI=1S/C33H53N5O5/c1-19(2)15-24-30(40)37-28(22(7)8)32(42)36-26(16-20(3)4)33(43)38(9)27(17-21(5)6)31(41)35-25(29(39)34-24)18-23-13-11-10-12-14-23/h10-14,19-22,24-28H,15-18H2,1-9H3,(H,34,39)(H,35,41)(H,36,42)(H,37,40)/t24-,25-,26-,27-,28-/m1/s1. The maximum absolute atomic E-state index is 13.9. The number of amides is 5. The Bertz CT molecular complexity index is 1100. The van der Waals surface area contributed by atoms with E-state index in [-0.39, 0.29) is 30.1 Å². The van der Waals surface area contributed by atoms with Gasteiger partial charge >= 0.3 is 0 Å². The largest absolute Gasteiger partial charge is 0.343 e. The molecule has 0 saturated carbocycles. The van der Waals surface area contributed by atoms with E-state index in [0.717, 1.165) is 5.56 Å². The molecule has 1 saturated heterocycles. The quantitative estimate of drug-likeness (QED) is 0.346. The number of nitrogens with one attached hydrogen (secondary N) is 4. The van der Waals surface area contributed by atoms with Gasteiger partial charge in [0.05, 0.1) is 0 Å². The number of nitrogens with zero attached hydrogens (tertiary/aromatic N) is 1. The van der Waals surface area contributed by atoms with E-state index in [2.05, 4.69) is 21.3 Å². The van der Waals surface area contributed by atoms with Gasteiger partial charge in [0.2, 0.25) is 29.5 Å². The Labute approximate surface area is 257 Å². The molecule has 5 atom stereocenters. The van der Waals surface area contributed by atoms with Crippen molar-refractivity contribution in [2.24, 2.45) is 23.7 Å². The van der Waals surface area contributed by atoms with E-state index < -0.39 is 59.7 Å². The summed E-state index contributed by atoms with van der Waals surface area (Å²) in [6.45, 7) is 15.4. The lowest BCUT2D eigenvalue weighted by Crippen LogP contribution is -2.59. The minimum absolute atomic E-state index is 0.0590. The second-order valence-corrected chi connectivity index (χ2v) is 13.5. The zero-order valence-electron chi connectivity index (χ0n) is 27.4. The van der Waals surface area contributed by atoms with Crippen LogP contribution in [0, 0.1) is 23.7 Å². The molecular weight excluding hydrogens is 546 g/mol. The molecule has 1 fully saturated rings. The lowest BCUT2D eigenvalue weighted by atomic mass is 9.97. The van der Waals surface area contributed by atoms with Crippen molar-refractivity contribution < 1.29 is 24.0 Å². The Kier molecular flexibility index (Phi) is 13.7. The van der Waals surface area contributed by atoms with Crippen molar-refractivity contribution in [2.45, 2.75) is 111 Å². The fourth-order valence-corrected chi connectivity index (χ4v) is 5.33. The summed E-state index contributed by atoms with van der Waals surface area (Å²) in [6.07, 6.45) is 1.26. The fraction of sp³-hybridized carbons (Fsp3) is 0.667. The highest BCUT2D eigenvalue weighted by Gasteiger charge is 2.38. The summed E-state index contributed by atoms with van der Waals surface area (Å²) >= 11 is 0. The highest BCUT2D eigenvalue weighted by molar-refractivity contribution is 5.98. The number of likely N-dealkylation sites (N-methyl/N-ethyl adjacent to an activating group) is 1. The first-order chi connectivity index (χ1) is 20.1. The van der Waals surface area contributed by atoms with Gasteiger partial charge in [0.1, 0.15) is 30.2 Å². The Morgan fingerprint density at radius 2 is 1.09 bits per heavy atom. The molecule has 0 spiro atoms. The predicted molar refractivity (Wildman–Crippen MR) is 168 cm³/mol. The van der Waals surface area contributed by atoms with Crippen molar-refractivity contribution in [2.75, 3.05) is 7.05 Å². The maximum Gasteiger partial charge on any atom is 0.245 e. The van der Waals surface area contributed by atoms with Gasteiger partial charge in [-0.15, -0.1) is 0 Å². The molecule has 1 aromatic carbocycles. The van der Waals surface area contributed by atoms with Crippen LogP contribution in [0.5, 0.6) is 0 Å². The number of carbonyl (C=O) groups excluding carboxylic acids is 5. The lowest BCUT2D eigenvalue weighted by molar-refractivity contribution is -0.143. The summed E-state index contributed by atoms with van der Waals surface area (Å²) in [6, 6.07) is 4.71. The number of benzene rings is 1. The molecule has 10 nitrogen and oxygen atoms in total. The van der Waals surface area contributed by atoms with Gasteiger partial charge in [-0.05, 0) is 48.5 Å². The average molecular weight is 600 g/mol. The molecule has 0 bridgehead atoms. The zero-order valence-corrected chi connectivity index (χ0v) is 27.4. The number of hydrogen-bond donors (Lipinski definition) is 4. The van der Waals surface area contributed by atoms with E-state index in [1.165, 1.54) is 4.90 Å². The van der Waals surface area contributed by atoms with Crippen LogP contribution >= 0.6 is 0 Å². The van der Waals surface area contributed by atoms with E-state index in [1.54, 1.807) is 7.05 Å². The first-order valence-corrected chi connectivity index (χ1v) is 15.6. The Hall–Kier alpha value is -3.43. The predicted octanol–water partition coefficient (Wildman–Crippen LogP) is 2.80. The van der Waals surface area contributed by atoms with E-state index in [0.29, 0.717) is 19.3 Å². The molecule has 0 radical (unpaired) electrons. The van der Waals surface area contributed by atoms with E-state index in [1.807, 2.05) is 85.7 Å². The molecule has 1 heterocycles. The summed E-state index contributed by atoms with van der Waals surface area (Å²) < 4.78 is 0. The van der Waals surface area contributed by atoms with Crippen LogP contribution in [0.25, 0.3) is 0 Å². The molecule has 1 aliphatic heterocycles. The Balaban J connectivity index is 2.65. The van der Waals surface area contributed by atoms with Gasteiger partial charge in [0.15, 0.2) is 0 Å². The van der Waals surface area contributed by atoms with Gasteiger partial charge in [-0.3, -0.25) is 24.0 Å². The molecule has 1 aliphatic rings. The third kappa shape index (κ3) is 11.0. The van der Waals surface area contributed by atoms with Crippen molar-refractivity contribution in [1.29, 1.82) is 0 Å². The maximum atomic E-state index is 13.9. The Morgan fingerprint density at radius 3 is 1.63 bits per heavy atom. The summed E-state index contributed by atoms with van der Waals surface area (Å²) in [5, 5.41) is 11.5. The summed E-state index contributed by atoms with van der Waals surface area (Å²) in [7, 11) is 1.57. The molecule has 0 unspecified atom stereocenters. The van der Waals surface area contributed by atoms with Crippen LogP contribution in [-0.2, 0) is 30.4 Å². The molecule has 240 valence electrons. The molecular formula is C33H53N5O5. The summed E-state index contributed by atoms with van der Waals surface area (Å²) in [5.41, 5.74) is 0.835. The summed E-state index contributed by atoms with van der Waals surface area (Å²) in [4.78, 5) is 70.2. The number of carbonyl (C=O) groups is 5. The second-order valence-electron chi connectivity index (χ2n) is 13.5. The van der Waals surface area contributed by atoms with Gasteiger partial charge in [-0.1, -0.05) is 85.7 Å². The van der Waals surface area contributed by atoms with E-state index >= 15 is 0 Å². The van der Waals surface area contributed by atoms with Crippen LogP contribution in [0.15, 0.2) is 30.3 Å². The van der Waals surface area contributed by atoms with Crippen LogP contribution in [-0.4, -0.2) is 71.7 Å². The van der Waals surface area contributed by atoms with Crippen molar-refractivity contribution >= 4 is 29.5 Å². The third-order valence-corrected chi connectivity index (χ3v) is 7.64. The van der Waals surface area contributed by atoms with Crippen LogP contribution in [0.2, 0.25) is 0 Å². The van der Waals surface area contributed by atoms with E-state index in [4.69, 9.17) is 0 Å². The van der Waals surface area contributed by atoms with Gasteiger partial charge in [-0.25, -0.2) is 0 Å². The third-order valence-electron chi connectivity index (χ3n) is 7.64. The number of hydrogen-bond acceptors (Lipinski definition) is 5. The van der Waals surface area contributed by atoms with Crippen LogP contribution < -0.4 is 21.3 Å². The van der Waals surface area contributed by atoms with Gasteiger partial charge in [0.25, 0.3) is 0 Å². The average Bonchev–Trinajstić information content (AvgIpc) is 2.91.